The van der Waals surface area contributed by atoms with Gasteiger partial charge in [0.05, 0.1) is 54.5 Å². The second kappa shape index (κ2) is 18.6. The van der Waals surface area contributed by atoms with E-state index in [1.807, 2.05) is 0 Å². The first-order valence-electron chi connectivity index (χ1n) is 17.5. The molecule has 31 nitrogen and oxygen atoms in total. The van der Waals surface area contributed by atoms with Crippen molar-refractivity contribution >= 4 is 57.7 Å². The fourth-order valence-electron chi connectivity index (χ4n) is 6.31. The Morgan fingerprint density at radius 1 is 0.836 bits per heavy atom. The summed E-state index contributed by atoms with van der Waals surface area (Å²) in [5.41, 5.74) is 9.93. The largest absolute Gasteiger partial charge is 0.790 e. The number of rotatable bonds is 20. The number of methoxy groups -OCH3 is 1. The van der Waals surface area contributed by atoms with E-state index in [0.29, 0.717) is 0 Å². The first kappa shape index (κ1) is 46.8. The van der Waals surface area contributed by atoms with E-state index in [2.05, 4.69) is 38.5 Å². The molecule has 6 heterocycles. The Morgan fingerprint density at radius 2 is 1.41 bits per heavy atom. The number of nitrogens with two attached hydrogens (primary N) is 2. The quantitative estimate of drug-likeness (QED) is 0.0232. The van der Waals surface area contributed by atoms with Crippen molar-refractivity contribution in [1.29, 1.82) is 0 Å². The molecule has 10 N–H and O–H groups in total. The van der Waals surface area contributed by atoms with Crippen molar-refractivity contribution in [2.24, 2.45) is 7.05 Å². The maximum absolute atomic E-state index is 12.8. The Balaban J connectivity index is 1.05. The van der Waals surface area contributed by atoms with E-state index in [0.717, 1.165) is 4.57 Å². The molecule has 2 aliphatic heterocycles. The second-order valence-corrected chi connectivity index (χ2v) is 17.2. The average molecular weight is 933 g/mol. The highest BCUT2D eigenvalue weighted by Crippen LogP contribution is 2.43. The number of aromatic amines is 3. The molecule has 0 amide bonds. The molecule has 5 unspecified atom stereocenters. The SMILES string of the molecule is COCCO[C@H]1C([n+]2cn(C)c3c(=O)[nH]c(N)nc32)O[C@H](COP(=O)([O-])OCC(COP(=O)([O-])OCC2O[C@@H]([n+]3c[nH]c4c(=O)[nH]c(N)nc43)[C@H](O)[C@@H]2O)OP(=O)([O-])[O-])[C@H]1O. The zero-order chi connectivity index (χ0) is 44.6. The summed E-state index contributed by atoms with van der Waals surface area (Å²) in [4.78, 5) is 88.2. The van der Waals surface area contributed by atoms with Gasteiger partial charge in [-0.05, 0) is 0 Å². The van der Waals surface area contributed by atoms with Gasteiger partial charge in [0.25, 0.3) is 38.7 Å². The monoisotopic (exact) mass is 932 g/mol. The summed E-state index contributed by atoms with van der Waals surface area (Å²) in [5.74, 6) is -0.540. The van der Waals surface area contributed by atoms with Crippen molar-refractivity contribution in [2.75, 3.05) is 58.2 Å². The van der Waals surface area contributed by atoms with Crippen LogP contribution in [0.3, 0.4) is 0 Å². The van der Waals surface area contributed by atoms with Crippen LogP contribution in [-0.2, 0) is 62.3 Å². The topological polar surface area (TPSA) is 459 Å². The van der Waals surface area contributed by atoms with Crippen LogP contribution in [0.15, 0.2) is 22.2 Å². The molecule has 0 saturated carbocycles. The first-order chi connectivity index (χ1) is 28.6. The number of aliphatic hydroxyl groups is 3. The molecule has 4 aromatic rings. The molecule has 34 heteroatoms. The lowest BCUT2D eigenvalue weighted by molar-refractivity contribution is -0.746. The number of aryl methyl sites for hydroxylation is 1. The minimum atomic E-state index is -5.97. The number of phosphoric acid groups is 3. The Bertz CT molecular complexity index is 2460. The number of anilines is 2. The lowest BCUT2D eigenvalue weighted by Crippen LogP contribution is -2.47. The number of hydrogen-bond donors (Lipinski definition) is 8. The molecule has 0 radical (unpaired) electrons. The summed E-state index contributed by atoms with van der Waals surface area (Å²) >= 11 is 0. The summed E-state index contributed by atoms with van der Waals surface area (Å²) in [6, 6.07) is 0. The molecule has 0 aliphatic carbocycles. The second-order valence-electron chi connectivity index (χ2n) is 13.3. The number of fused-ring (bicyclic) bond motifs is 2. The molecule has 61 heavy (non-hydrogen) atoms. The van der Waals surface area contributed by atoms with Gasteiger partial charge in [0, 0.05) is 7.11 Å². The number of aliphatic hydroxyl groups excluding tert-OH is 3. The minimum absolute atomic E-state index is 0.0114. The summed E-state index contributed by atoms with van der Waals surface area (Å²) in [6.07, 6.45) is -11.8. The number of H-pyrrole nitrogens is 3. The summed E-state index contributed by atoms with van der Waals surface area (Å²) in [7, 11) is -14.1. The van der Waals surface area contributed by atoms with Crippen LogP contribution in [0.1, 0.15) is 12.5 Å². The molecular formula is C27H39N10O21P3-2. The van der Waals surface area contributed by atoms with Crippen molar-refractivity contribution < 1.29 is 99.3 Å². The molecule has 6 rings (SSSR count). The molecule has 0 bridgehead atoms. The predicted octanol–water partition coefficient (Wildman–Crippen LogP) is -7.61. The molecule has 11 atom stereocenters. The van der Waals surface area contributed by atoms with Gasteiger partial charge in [-0.15, -0.1) is 0 Å². The van der Waals surface area contributed by atoms with Gasteiger partial charge in [-0.1, -0.05) is 9.97 Å². The third-order valence-electron chi connectivity index (χ3n) is 9.01. The molecule has 4 aromatic heterocycles. The number of ether oxygens (including phenoxy) is 4. The molecule has 0 spiro atoms. The van der Waals surface area contributed by atoms with Gasteiger partial charge in [0.2, 0.25) is 23.5 Å². The van der Waals surface area contributed by atoms with Crippen LogP contribution >= 0.6 is 23.5 Å². The molecule has 0 aromatic carbocycles. The van der Waals surface area contributed by atoms with Gasteiger partial charge in [-0.3, -0.25) is 38.2 Å². The highest BCUT2D eigenvalue weighted by atomic mass is 31.2. The van der Waals surface area contributed by atoms with Crippen LogP contribution in [0.5, 0.6) is 0 Å². The van der Waals surface area contributed by atoms with Crippen LogP contribution in [0, 0.1) is 0 Å². The smallest absolute Gasteiger partial charge is 0.313 e. The first-order valence-corrected chi connectivity index (χ1v) is 21.9. The fraction of sp³-hybridized carbons (Fsp3) is 0.630. The Kier molecular flexibility index (Phi) is 14.3. The number of imidazole rings is 2. The predicted molar refractivity (Wildman–Crippen MR) is 186 cm³/mol. The maximum atomic E-state index is 12.8. The van der Waals surface area contributed by atoms with Crippen LogP contribution < -0.4 is 51.3 Å². The summed E-state index contributed by atoms with van der Waals surface area (Å²) < 4.78 is 85.7. The average Bonchev–Trinajstić information content (AvgIpc) is 3.90. The third-order valence-corrected chi connectivity index (χ3v) is 11.4. The van der Waals surface area contributed by atoms with Crippen LogP contribution in [0.25, 0.3) is 22.3 Å². The zero-order valence-electron chi connectivity index (χ0n) is 31.5. The van der Waals surface area contributed by atoms with Gasteiger partial charge in [-0.2, -0.15) is 0 Å². The van der Waals surface area contributed by atoms with Crippen LogP contribution in [0.4, 0.5) is 11.9 Å². The number of hydrogen-bond acceptors (Lipinski definition) is 25. The van der Waals surface area contributed by atoms with E-state index >= 15 is 0 Å². The van der Waals surface area contributed by atoms with E-state index in [9.17, 15) is 58.2 Å². The normalized spacial score (nSPS) is 27.2. The Hall–Kier alpha value is -3.65. The minimum Gasteiger partial charge on any atom is -0.790 e. The van der Waals surface area contributed by atoms with Gasteiger partial charge < -0.3 is 92.5 Å². The standard InChI is InChI=1S/C27H41N10O21P3/c1-35-10-37(21-15(35)23(42)34-27(29)32-21)25-19(51-4-3-50-2)17(39)13(57-25)8-55-61(48,49)53-6-11(58-59(43,44)45)5-52-60(46,47)54-7-12-16(38)18(40)24(56-12)36-9-30-14-20(36)31-26(28)33-22(14)41/h9-13,16-19,24-25,38-40H,3-8H2,1-2H3,(H9-,28,29,31,32,33,34,41,42,43,44,45,46,47,48,49)/p-2/t11?,12?,13-,16-,17-,18-,19-,24-,25?/m1/s1. The zero-order valence-corrected chi connectivity index (χ0v) is 34.2. The van der Waals surface area contributed by atoms with Gasteiger partial charge in [-0.25, -0.2) is 9.13 Å². The molecule has 340 valence electrons. The lowest BCUT2D eigenvalue weighted by atomic mass is 10.1. The van der Waals surface area contributed by atoms with Crippen molar-refractivity contribution in [3.05, 3.63) is 33.4 Å². The highest BCUT2D eigenvalue weighted by molar-refractivity contribution is 7.46. The maximum Gasteiger partial charge on any atom is 0.313 e. The molecular weight excluding hydrogens is 893 g/mol. The van der Waals surface area contributed by atoms with E-state index in [-0.39, 0.29) is 47.4 Å². The van der Waals surface area contributed by atoms with Crippen molar-refractivity contribution in [1.82, 2.24) is 29.5 Å². The van der Waals surface area contributed by atoms with Crippen molar-refractivity contribution in [3.63, 3.8) is 0 Å². The number of nitrogens with zero attached hydrogens (tertiary/aromatic N) is 5. The van der Waals surface area contributed by atoms with E-state index in [1.165, 1.54) is 35.9 Å². The van der Waals surface area contributed by atoms with Crippen molar-refractivity contribution in [3.8, 4) is 0 Å². The summed E-state index contributed by atoms with van der Waals surface area (Å²) in [6.45, 7) is -4.75. The van der Waals surface area contributed by atoms with Crippen LogP contribution in [0.2, 0.25) is 0 Å². The fourth-order valence-corrected chi connectivity index (χ4v) is 8.30. The Labute approximate surface area is 340 Å². The number of phosphoric ester groups is 3. The number of nitrogens with one attached hydrogen (secondary N) is 3. The summed E-state index contributed by atoms with van der Waals surface area (Å²) in [5, 5.41) is 32.2. The van der Waals surface area contributed by atoms with Gasteiger partial charge in [0.1, 0.15) is 42.7 Å². The molecule has 2 fully saturated rings. The van der Waals surface area contributed by atoms with Crippen LogP contribution in [-0.4, -0.2) is 134 Å². The van der Waals surface area contributed by atoms with E-state index in [4.69, 9.17) is 39.5 Å². The third kappa shape index (κ3) is 10.9. The highest BCUT2D eigenvalue weighted by Gasteiger charge is 2.50. The van der Waals surface area contributed by atoms with Crippen molar-refractivity contribution in [2.45, 2.75) is 55.2 Å². The number of aromatic nitrogens is 8. The number of nitrogen functional groups attached to an aromatic ring is 2. The molecule has 2 aliphatic rings. The van der Waals surface area contributed by atoms with Gasteiger partial charge >= 0.3 is 11.3 Å². The van der Waals surface area contributed by atoms with E-state index < -0.39 is 116 Å². The van der Waals surface area contributed by atoms with E-state index in [1.54, 1.807) is 0 Å². The Morgan fingerprint density at radius 3 is 2.02 bits per heavy atom. The van der Waals surface area contributed by atoms with Gasteiger partial charge in [0.15, 0.2) is 12.7 Å². The molecule has 2 saturated heterocycles. The lowest BCUT2D eigenvalue weighted by Gasteiger charge is -2.35.